The first kappa shape index (κ1) is 15.1. The average molecular weight is 325 g/mol. The van der Waals surface area contributed by atoms with Crippen molar-refractivity contribution in [1.29, 1.82) is 0 Å². The molecule has 2 N–H and O–H groups in total. The van der Waals surface area contributed by atoms with Crippen molar-refractivity contribution >= 4 is 5.96 Å². The van der Waals surface area contributed by atoms with E-state index in [0.717, 1.165) is 36.9 Å². The van der Waals surface area contributed by atoms with Gasteiger partial charge in [0.2, 0.25) is 0 Å². The summed E-state index contributed by atoms with van der Waals surface area (Å²) in [5.74, 6) is 2.84. The molecule has 0 amide bonds. The molecule has 1 fully saturated rings. The van der Waals surface area contributed by atoms with E-state index in [9.17, 15) is 0 Å². The quantitative estimate of drug-likeness (QED) is 0.655. The van der Waals surface area contributed by atoms with Gasteiger partial charge in [0.1, 0.15) is 11.5 Å². The van der Waals surface area contributed by atoms with Crippen LogP contribution in [-0.4, -0.2) is 25.2 Å². The van der Waals surface area contributed by atoms with Gasteiger partial charge in [0.05, 0.1) is 18.9 Å². The van der Waals surface area contributed by atoms with Crippen molar-refractivity contribution in [3.8, 4) is 5.75 Å². The Kier molecular flexibility index (Phi) is 4.40. The zero-order chi connectivity index (χ0) is 16.2. The molecule has 2 aliphatic rings. The Labute approximate surface area is 142 Å². The van der Waals surface area contributed by atoms with Crippen molar-refractivity contribution in [2.75, 3.05) is 13.2 Å². The molecule has 24 heavy (non-hydrogen) atoms. The zero-order valence-corrected chi connectivity index (χ0v) is 13.7. The van der Waals surface area contributed by atoms with Gasteiger partial charge in [-0.1, -0.05) is 18.2 Å². The van der Waals surface area contributed by atoms with Crippen LogP contribution in [0.1, 0.15) is 36.6 Å². The summed E-state index contributed by atoms with van der Waals surface area (Å²) in [4.78, 5) is 4.74. The fourth-order valence-corrected chi connectivity index (χ4v) is 2.94. The summed E-state index contributed by atoms with van der Waals surface area (Å²) in [7, 11) is 0. The summed E-state index contributed by atoms with van der Waals surface area (Å²) < 4.78 is 11.1. The molecule has 1 aliphatic carbocycles. The molecule has 5 heteroatoms. The van der Waals surface area contributed by atoms with Gasteiger partial charge in [-0.15, -0.1) is 0 Å². The summed E-state index contributed by atoms with van der Waals surface area (Å²) in [6.07, 6.45) is 5.92. The number of para-hydroxylation sites is 1. The molecule has 2 heterocycles. The number of hydrogen-bond acceptors (Lipinski definition) is 3. The van der Waals surface area contributed by atoms with Gasteiger partial charge in [-0.3, -0.25) is 4.99 Å². The van der Waals surface area contributed by atoms with Crippen LogP contribution >= 0.6 is 0 Å². The van der Waals surface area contributed by atoms with Crippen molar-refractivity contribution in [3.63, 3.8) is 0 Å². The number of hydrogen-bond donors (Lipinski definition) is 2. The number of nitrogens with zero attached hydrogens (tertiary/aromatic N) is 1. The summed E-state index contributed by atoms with van der Waals surface area (Å²) in [5.41, 5.74) is 1.21. The normalized spacial score (nSPS) is 20.2. The van der Waals surface area contributed by atoms with Crippen LogP contribution in [0.25, 0.3) is 0 Å². The lowest BCUT2D eigenvalue weighted by Crippen LogP contribution is -2.42. The van der Waals surface area contributed by atoms with Crippen molar-refractivity contribution in [3.05, 3.63) is 54.0 Å². The van der Waals surface area contributed by atoms with E-state index < -0.39 is 0 Å². The van der Waals surface area contributed by atoms with Crippen LogP contribution in [0, 0.1) is 0 Å². The second-order valence-corrected chi connectivity index (χ2v) is 6.35. The van der Waals surface area contributed by atoms with E-state index in [4.69, 9.17) is 14.1 Å². The zero-order valence-electron chi connectivity index (χ0n) is 13.7. The van der Waals surface area contributed by atoms with Gasteiger partial charge in [0.15, 0.2) is 5.96 Å². The Bertz CT molecular complexity index is 692. The first-order chi connectivity index (χ1) is 11.9. The van der Waals surface area contributed by atoms with Gasteiger partial charge in [0.25, 0.3) is 0 Å². The number of furan rings is 1. The Morgan fingerprint density at radius 1 is 1.08 bits per heavy atom. The van der Waals surface area contributed by atoms with Crippen LogP contribution < -0.4 is 15.4 Å². The lowest BCUT2D eigenvalue weighted by molar-refractivity contribution is 0.261. The van der Waals surface area contributed by atoms with Gasteiger partial charge in [-0.05, 0) is 31.0 Å². The minimum Gasteiger partial charge on any atom is -0.493 e. The third-order valence-corrected chi connectivity index (χ3v) is 4.40. The predicted molar refractivity (Wildman–Crippen MR) is 93.3 cm³/mol. The Hall–Kier alpha value is -2.43. The molecule has 1 aromatic heterocycles. The second-order valence-electron chi connectivity index (χ2n) is 6.35. The van der Waals surface area contributed by atoms with E-state index >= 15 is 0 Å². The van der Waals surface area contributed by atoms with E-state index in [0.29, 0.717) is 12.6 Å². The van der Waals surface area contributed by atoms with Gasteiger partial charge < -0.3 is 19.8 Å². The van der Waals surface area contributed by atoms with E-state index in [1.807, 2.05) is 24.3 Å². The first-order valence-corrected chi connectivity index (χ1v) is 8.70. The van der Waals surface area contributed by atoms with Crippen LogP contribution in [0.5, 0.6) is 5.75 Å². The van der Waals surface area contributed by atoms with Crippen molar-refractivity contribution < 1.29 is 9.15 Å². The summed E-state index contributed by atoms with van der Waals surface area (Å²) in [5, 5.41) is 7.11. The van der Waals surface area contributed by atoms with Gasteiger partial charge in [-0.25, -0.2) is 0 Å². The molecule has 5 nitrogen and oxygen atoms in total. The van der Waals surface area contributed by atoms with Crippen LogP contribution in [0.15, 0.2) is 52.1 Å². The molecule has 0 saturated heterocycles. The first-order valence-electron chi connectivity index (χ1n) is 8.70. The largest absolute Gasteiger partial charge is 0.493 e. The average Bonchev–Trinajstić information content (AvgIpc) is 3.27. The lowest BCUT2D eigenvalue weighted by atomic mass is 10.0. The number of nitrogens with one attached hydrogen (secondary N) is 2. The number of benzene rings is 1. The van der Waals surface area contributed by atoms with E-state index in [2.05, 4.69) is 22.8 Å². The molecule has 0 radical (unpaired) electrons. The lowest BCUT2D eigenvalue weighted by Gasteiger charge is -2.28. The molecule has 1 saturated carbocycles. The number of rotatable bonds is 5. The molecular weight excluding hydrogens is 302 g/mol. The van der Waals surface area contributed by atoms with Gasteiger partial charge in [0, 0.05) is 31.0 Å². The van der Waals surface area contributed by atoms with Crippen LogP contribution in [-0.2, 0) is 6.42 Å². The summed E-state index contributed by atoms with van der Waals surface area (Å²) >= 11 is 0. The highest BCUT2D eigenvalue weighted by atomic mass is 16.5. The van der Waals surface area contributed by atoms with Crippen molar-refractivity contribution in [2.45, 2.75) is 37.8 Å². The maximum Gasteiger partial charge on any atom is 0.191 e. The number of fused-ring (bicyclic) bond motifs is 1. The Morgan fingerprint density at radius 2 is 2.00 bits per heavy atom. The third kappa shape index (κ3) is 3.72. The number of guanidine groups is 1. The molecule has 0 bridgehead atoms. The molecule has 1 unspecified atom stereocenters. The van der Waals surface area contributed by atoms with E-state index in [-0.39, 0.29) is 6.04 Å². The standard InChI is InChI=1S/C19H23N3O2/c1-2-6-18-16(5-1)17(10-13-24-18)22-19(21-14-7-8-14)20-11-9-15-4-3-12-23-15/h1-6,12,14,17H,7-11,13H2,(H2,20,21,22). The molecular formula is C19H23N3O2. The molecule has 0 spiro atoms. The molecule has 1 aromatic carbocycles. The predicted octanol–water partition coefficient (Wildman–Crippen LogP) is 3.04. The second kappa shape index (κ2) is 6.99. The maximum atomic E-state index is 5.75. The Morgan fingerprint density at radius 3 is 2.83 bits per heavy atom. The topological polar surface area (TPSA) is 58.8 Å². The highest BCUT2D eigenvalue weighted by Crippen LogP contribution is 2.31. The van der Waals surface area contributed by atoms with Crippen molar-refractivity contribution in [2.24, 2.45) is 4.99 Å². The van der Waals surface area contributed by atoms with E-state index in [1.165, 1.54) is 18.4 Å². The third-order valence-electron chi connectivity index (χ3n) is 4.40. The molecule has 126 valence electrons. The highest BCUT2D eigenvalue weighted by Gasteiger charge is 2.26. The smallest absolute Gasteiger partial charge is 0.191 e. The molecule has 1 aliphatic heterocycles. The fourth-order valence-electron chi connectivity index (χ4n) is 2.94. The minimum atomic E-state index is 0.239. The Balaban J connectivity index is 1.44. The van der Waals surface area contributed by atoms with Crippen LogP contribution in [0.4, 0.5) is 0 Å². The molecule has 4 rings (SSSR count). The number of aliphatic imine (C=N–C) groups is 1. The summed E-state index contributed by atoms with van der Waals surface area (Å²) in [6, 6.07) is 12.9. The highest BCUT2D eigenvalue weighted by molar-refractivity contribution is 5.81. The molecule has 1 atom stereocenters. The van der Waals surface area contributed by atoms with Gasteiger partial charge in [-0.2, -0.15) is 0 Å². The van der Waals surface area contributed by atoms with E-state index in [1.54, 1.807) is 6.26 Å². The number of ether oxygens (including phenoxy) is 1. The molecule has 2 aromatic rings. The minimum absolute atomic E-state index is 0.239. The fraction of sp³-hybridized carbons (Fsp3) is 0.421. The SMILES string of the molecule is c1coc(CCN=C(NC2CC2)NC2CCOc3ccccc32)c1. The maximum absolute atomic E-state index is 5.75. The van der Waals surface area contributed by atoms with Crippen LogP contribution in [0.2, 0.25) is 0 Å². The van der Waals surface area contributed by atoms with Gasteiger partial charge >= 0.3 is 0 Å². The summed E-state index contributed by atoms with van der Waals surface area (Å²) in [6.45, 7) is 1.44. The van der Waals surface area contributed by atoms with Crippen molar-refractivity contribution in [1.82, 2.24) is 10.6 Å². The van der Waals surface area contributed by atoms with Crippen LogP contribution in [0.3, 0.4) is 0 Å². The monoisotopic (exact) mass is 325 g/mol.